The minimum atomic E-state index is -1.28. The molecule has 2 saturated heterocycles. The molecule has 280 valence electrons. The number of fused-ring (bicyclic) bond motifs is 3. The summed E-state index contributed by atoms with van der Waals surface area (Å²) in [5, 5.41) is 7.49. The molecule has 0 spiro atoms. The predicted octanol–water partition coefficient (Wildman–Crippen LogP) is 7.23. The standard InChI is InChI=1S/C37H59N7O5Si2/c1-37(2,3)49-36(46)43-28-12-13-29(43)20-27(19-28)32-21-33(42(24-47-15-17-50(5,6)7)25-48-16-18-51(8,9)10)44-34(41-32)30(23-40-44)26-11-14-31(39-22-26)35(45)38-4/h11,14,21-23,27-29H,12-13,15-20,24-25H2,1-10H3,(H,38,45). The fourth-order valence-electron chi connectivity index (χ4n) is 6.73. The van der Waals surface area contributed by atoms with Crippen molar-refractivity contribution in [3.8, 4) is 11.1 Å². The van der Waals surface area contributed by atoms with E-state index < -0.39 is 21.7 Å². The predicted molar refractivity (Wildman–Crippen MR) is 207 cm³/mol. The molecule has 2 aliphatic heterocycles. The second-order valence-electron chi connectivity index (χ2n) is 17.5. The smallest absolute Gasteiger partial charge is 0.410 e. The molecule has 0 aliphatic carbocycles. The number of hydrogen-bond donors (Lipinski definition) is 1. The van der Waals surface area contributed by atoms with Crippen molar-refractivity contribution in [2.24, 2.45) is 0 Å². The van der Waals surface area contributed by atoms with Gasteiger partial charge >= 0.3 is 6.09 Å². The number of amides is 2. The number of piperidine rings is 1. The largest absolute Gasteiger partial charge is 0.444 e. The Kier molecular flexibility index (Phi) is 12.0. The number of pyridine rings is 1. The van der Waals surface area contributed by atoms with Gasteiger partial charge in [0.1, 0.15) is 30.6 Å². The summed E-state index contributed by atoms with van der Waals surface area (Å²) in [6.45, 7) is 22.0. The van der Waals surface area contributed by atoms with Gasteiger partial charge in [-0.25, -0.2) is 9.78 Å². The van der Waals surface area contributed by atoms with Gasteiger partial charge in [-0.2, -0.15) is 9.61 Å². The highest BCUT2D eigenvalue weighted by molar-refractivity contribution is 6.76. The molecule has 2 fully saturated rings. The summed E-state index contributed by atoms with van der Waals surface area (Å²) >= 11 is 0. The lowest BCUT2D eigenvalue weighted by Gasteiger charge is -2.39. The first-order valence-corrected chi connectivity index (χ1v) is 25.8. The van der Waals surface area contributed by atoms with Crippen LogP contribution in [0.5, 0.6) is 0 Å². The molecular weight excluding hydrogens is 679 g/mol. The van der Waals surface area contributed by atoms with Crippen LogP contribution in [0.25, 0.3) is 16.8 Å². The lowest BCUT2D eigenvalue weighted by molar-refractivity contribution is 0.00568. The van der Waals surface area contributed by atoms with Gasteiger partial charge in [0.25, 0.3) is 5.91 Å². The van der Waals surface area contributed by atoms with Crippen molar-refractivity contribution < 1.29 is 23.8 Å². The molecule has 0 saturated carbocycles. The molecule has 0 aromatic carbocycles. The maximum Gasteiger partial charge on any atom is 0.410 e. The number of nitrogens with one attached hydrogen (secondary N) is 1. The van der Waals surface area contributed by atoms with Crippen molar-refractivity contribution in [3.05, 3.63) is 42.0 Å². The van der Waals surface area contributed by atoms with Crippen LogP contribution in [0.4, 0.5) is 10.6 Å². The SMILES string of the molecule is CNC(=O)c1ccc(-c2cnn3c(N(COCC[Si](C)(C)C)COCC[Si](C)(C)C)cc(C4CC5CCC(C4)N5C(=O)OC(C)(C)C)nc23)cn1. The molecule has 12 nitrogen and oxygen atoms in total. The maximum absolute atomic E-state index is 13.3. The number of ether oxygens (including phenoxy) is 3. The van der Waals surface area contributed by atoms with Crippen molar-refractivity contribution >= 4 is 39.6 Å². The Balaban J connectivity index is 1.52. The number of hydrogen-bond acceptors (Lipinski definition) is 9. The minimum absolute atomic E-state index is 0.0989. The number of rotatable bonds is 14. The molecule has 14 heteroatoms. The van der Waals surface area contributed by atoms with Crippen molar-refractivity contribution in [1.29, 1.82) is 0 Å². The molecule has 51 heavy (non-hydrogen) atoms. The first-order chi connectivity index (χ1) is 23.9. The summed E-state index contributed by atoms with van der Waals surface area (Å²) in [5.74, 6) is 0.749. The third-order valence-electron chi connectivity index (χ3n) is 9.57. The lowest BCUT2D eigenvalue weighted by atomic mass is 9.88. The molecule has 5 rings (SSSR count). The van der Waals surface area contributed by atoms with Crippen molar-refractivity contribution in [1.82, 2.24) is 29.8 Å². The van der Waals surface area contributed by atoms with E-state index in [1.807, 2.05) is 42.4 Å². The first kappa shape index (κ1) is 38.9. The third-order valence-corrected chi connectivity index (χ3v) is 13.0. The zero-order chi connectivity index (χ0) is 37.1. The maximum atomic E-state index is 13.3. The lowest BCUT2D eigenvalue weighted by Crippen LogP contribution is -2.48. The highest BCUT2D eigenvalue weighted by atomic mass is 28.3. The number of carbonyl (C=O) groups is 2. The molecule has 3 aromatic rings. The van der Waals surface area contributed by atoms with Gasteiger partial charge in [-0.05, 0) is 64.6 Å². The topological polar surface area (TPSA) is 123 Å². The molecule has 2 amide bonds. The zero-order valence-corrected chi connectivity index (χ0v) is 34.4. The number of nitrogens with zero attached hydrogens (tertiary/aromatic N) is 6. The quantitative estimate of drug-likeness (QED) is 0.104. The van der Waals surface area contributed by atoms with E-state index in [0.29, 0.717) is 38.0 Å². The molecule has 2 unspecified atom stereocenters. The Morgan fingerprint density at radius 1 is 0.941 bits per heavy atom. The van der Waals surface area contributed by atoms with E-state index in [4.69, 9.17) is 24.3 Å². The zero-order valence-electron chi connectivity index (χ0n) is 32.4. The summed E-state index contributed by atoms with van der Waals surface area (Å²) in [4.78, 5) is 39.3. The Hall–Kier alpha value is -3.34. The highest BCUT2D eigenvalue weighted by Gasteiger charge is 2.45. The number of anilines is 1. The van der Waals surface area contributed by atoms with Crippen LogP contribution in [0.2, 0.25) is 51.4 Å². The van der Waals surface area contributed by atoms with Gasteiger partial charge in [0.05, 0.1) is 6.20 Å². The fraction of sp³-hybridized carbons (Fsp3) is 0.649. The molecule has 2 aliphatic rings. The molecule has 0 radical (unpaired) electrons. The summed E-state index contributed by atoms with van der Waals surface area (Å²) in [6.07, 6.45) is 6.83. The van der Waals surface area contributed by atoms with E-state index in [2.05, 4.69) is 60.5 Å². The minimum Gasteiger partial charge on any atom is -0.444 e. The van der Waals surface area contributed by atoms with E-state index in [1.54, 1.807) is 19.3 Å². The van der Waals surface area contributed by atoms with Crippen molar-refractivity contribution in [2.75, 3.05) is 38.6 Å². The average molecular weight is 738 g/mol. The van der Waals surface area contributed by atoms with E-state index in [-0.39, 0.29) is 30.0 Å². The van der Waals surface area contributed by atoms with Crippen LogP contribution in [-0.2, 0) is 14.2 Å². The second kappa shape index (κ2) is 15.7. The molecular formula is C37H59N7O5Si2. The van der Waals surface area contributed by atoms with Gasteiger partial charge in [0.15, 0.2) is 5.65 Å². The van der Waals surface area contributed by atoms with Crippen molar-refractivity contribution in [2.45, 2.75) is 121 Å². The summed E-state index contributed by atoms with van der Waals surface area (Å²) in [7, 11) is -0.975. The van der Waals surface area contributed by atoms with E-state index in [0.717, 1.165) is 60.4 Å². The van der Waals surface area contributed by atoms with Gasteiger partial charge in [0.2, 0.25) is 0 Å². The molecule has 5 heterocycles. The van der Waals surface area contributed by atoms with Gasteiger partial charge in [-0.1, -0.05) is 45.3 Å². The Morgan fingerprint density at radius 3 is 2.06 bits per heavy atom. The summed E-state index contributed by atoms with van der Waals surface area (Å²) < 4.78 is 20.4. The van der Waals surface area contributed by atoms with Crippen LogP contribution in [0, 0.1) is 0 Å². The van der Waals surface area contributed by atoms with Crippen molar-refractivity contribution in [3.63, 3.8) is 0 Å². The van der Waals surface area contributed by atoms with Crippen LogP contribution < -0.4 is 10.2 Å². The van der Waals surface area contributed by atoms with Crippen LogP contribution in [0.15, 0.2) is 30.6 Å². The van der Waals surface area contributed by atoms with Gasteiger partial charge in [-0.3, -0.25) is 9.78 Å². The highest BCUT2D eigenvalue weighted by Crippen LogP contribution is 2.44. The monoisotopic (exact) mass is 737 g/mol. The fourth-order valence-corrected chi connectivity index (χ4v) is 8.24. The van der Waals surface area contributed by atoms with Gasteiger partial charge < -0.3 is 29.3 Å². The van der Waals surface area contributed by atoms with Crippen LogP contribution in [0.3, 0.4) is 0 Å². The average Bonchev–Trinajstić information content (AvgIpc) is 3.59. The van der Waals surface area contributed by atoms with E-state index in [1.165, 1.54) is 0 Å². The summed E-state index contributed by atoms with van der Waals surface area (Å²) in [6, 6.07) is 8.09. The third kappa shape index (κ3) is 10.2. The Labute approximate surface area is 305 Å². The second-order valence-corrected chi connectivity index (χ2v) is 28.8. The number of carbonyl (C=O) groups excluding carboxylic acids is 2. The normalized spacial score (nSPS) is 19.4. The van der Waals surface area contributed by atoms with Gasteiger partial charge in [0, 0.05) is 83.5 Å². The molecule has 2 bridgehead atoms. The Bertz CT molecular complexity index is 1630. The van der Waals surface area contributed by atoms with E-state index in [9.17, 15) is 9.59 Å². The summed E-state index contributed by atoms with van der Waals surface area (Å²) in [5.41, 5.74) is 3.10. The Morgan fingerprint density at radius 2 is 1.55 bits per heavy atom. The first-order valence-electron chi connectivity index (χ1n) is 18.4. The van der Waals surface area contributed by atoms with E-state index >= 15 is 0 Å². The number of aromatic nitrogens is 4. The molecule has 2 atom stereocenters. The van der Waals surface area contributed by atoms with Gasteiger partial charge in [-0.15, -0.1) is 0 Å². The van der Waals surface area contributed by atoms with Crippen LogP contribution in [0.1, 0.15) is 68.6 Å². The molecule has 3 aromatic heterocycles. The van der Waals surface area contributed by atoms with Crippen LogP contribution in [-0.4, -0.2) is 104 Å². The molecule has 1 N–H and O–H groups in total. The van der Waals surface area contributed by atoms with Crippen LogP contribution >= 0.6 is 0 Å².